The third-order valence-electron chi connectivity index (χ3n) is 4.79. The maximum atomic E-state index is 13.1. The summed E-state index contributed by atoms with van der Waals surface area (Å²) >= 11 is 0. The van der Waals surface area contributed by atoms with E-state index in [0.29, 0.717) is 24.5 Å². The molecule has 0 saturated heterocycles. The van der Waals surface area contributed by atoms with Gasteiger partial charge in [0.2, 0.25) is 5.76 Å². The molecule has 4 heterocycles. The molecule has 26 heavy (non-hydrogen) atoms. The van der Waals surface area contributed by atoms with Crippen LogP contribution in [0.4, 0.5) is 0 Å². The van der Waals surface area contributed by atoms with E-state index in [1.165, 1.54) is 6.39 Å². The van der Waals surface area contributed by atoms with E-state index >= 15 is 0 Å². The maximum absolute atomic E-state index is 13.1. The lowest BCUT2D eigenvalue weighted by Gasteiger charge is -2.33. The summed E-state index contributed by atoms with van der Waals surface area (Å²) < 4.78 is 5.33. The number of aromatic nitrogens is 5. The Labute approximate surface area is 148 Å². The number of carbonyl (C=O) groups is 1. The van der Waals surface area contributed by atoms with Gasteiger partial charge in [-0.25, -0.2) is 15.0 Å². The molecular weight excluding hydrogens is 332 g/mol. The quantitative estimate of drug-likeness (QED) is 0.579. The van der Waals surface area contributed by atoms with E-state index < -0.39 is 6.04 Å². The van der Waals surface area contributed by atoms with Gasteiger partial charge in [0.05, 0.1) is 28.7 Å². The van der Waals surface area contributed by atoms with Crippen molar-refractivity contribution < 1.29 is 9.21 Å². The maximum Gasteiger partial charge on any atom is 0.292 e. The van der Waals surface area contributed by atoms with Crippen LogP contribution in [0, 0.1) is 6.92 Å². The molecule has 0 bridgehead atoms. The number of H-pyrrole nitrogens is 2. The lowest BCUT2D eigenvalue weighted by molar-refractivity contribution is 0.0650. The van der Waals surface area contributed by atoms with Crippen LogP contribution in [0.25, 0.3) is 11.0 Å². The number of para-hydroxylation sites is 2. The second-order valence-corrected chi connectivity index (χ2v) is 6.32. The Morgan fingerprint density at radius 2 is 2.19 bits per heavy atom. The molecule has 8 nitrogen and oxygen atoms in total. The van der Waals surface area contributed by atoms with Crippen LogP contribution in [0.2, 0.25) is 0 Å². The van der Waals surface area contributed by atoms with Crippen LogP contribution in [0.3, 0.4) is 0 Å². The predicted octanol–water partition coefficient (Wildman–Crippen LogP) is 2.37. The number of benzene rings is 1. The molecule has 4 aromatic rings. The van der Waals surface area contributed by atoms with Gasteiger partial charge in [0.1, 0.15) is 11.9 Å². The first-order valence-electron chi connectivity index (χ1n) is 8.40. The highest BCUT2D eigenvalue weighted by Crippen LogP contribution is 2.34. The van der Waals surface area contributed by atoms with Crippen LogP contribution >= 0.6 is 0 Å². The summed E-state index contributed by atoms with van der Waals surface area (Å²) in [5.41, 5.74) is 4.18. The van der Waals surface area contributed by atoms with Crippen molar-refractivity contribution in [3.63, 3.8) is 0 Å². The number of nitrogens with zero attached hydrogens (tertiary/aromatic N) is 4. The number of aryl methyl sites for hydroxylation is 1. The summed E-state index contributed by atoms with van der Waals surface area (Å²) in [5.74, 6) is 0.731. The summed E-state index contributed by atoms with van der Waals surface area (Å²) in [6.45, 7) is 2.30. The number of imidazole rings is 2. The molecule has 2 N–H and O–H groups in total. The zero-order chi connectivity index (χ0) is 17.7. The van der Waals surface area contributed by atoms with Crippen LogP contribution in [0.1, 0.15) is 39.5 Å². The number of aromatic amines is 2. The minimum absolute atomic E-state index is 0.209. The number of hydrogen-bond donors (Lipinski definition) is 2. The molecule has 0 aliphatic carbocycles. The number of rotatable bonds is 2. The molecule has 130 valence electrons. The number of oxazole rings is 1. The summed E-state index contributed by atoms with van der Waals surface area (Å²) in [7, 11) is 0. The van der Waals surface area contributed by atoms with Gasteiger partial charge in [-0.2, -0.15) is 0 Å². The zero-order valence-electron chi connectivity index (χ0n) is 14.1. The number of hydrogen-bond acceptors (Lipinski definition) is 5. The minimum Gasteiger partial charge on any atom is -0.438 e. The van der Waals surface area contributed by atoms with Crippen molar-refractivity contribution in [2.24, 2.45) is 0 Å². The second kappa shape index (κ2) is 5.55. The van der Waals surface area contributed by atoms with Gasteiger partial charge in [-0.3, -0.25) is 4.79 Å². The first-order valence-corrected chi connectivity index (χ1v) is 8.40. The molecular formula is C18H16N6O2. The van der Waals surface area contributed by atoms with Crippen molar-refractivity contribution in [2.75, 3.05) is 6.54 Å². The predicted molar refractivity (Wildman–Crippen MR) is 92.5 cm³/mol. The molecule has 1 aromatic carbocycles. The van der Waals surface area contributed by atoms with E-state index in [1.54, 1.807) is 18.2 Å². The molecule has 1 atom stereocenters. The highest BCUT2D eigenvalue weighted by molar-refractivity contribution is 5.93. The highest BCUT2D eigenvalue weighted by Gasteiger charge is 2.38. The molecule has 0 radical (unpaired) electrons. The SMILES string of the molecule is Cc1ncoc1C(=O)N1CCc2[nH]cnc2[C@H]1c1nc2ccccc2[nH]1. The first kappa shape index (κ1) is 14.9. The molecule has 1 amide bonds. The molecule has 3 aromatic heterocycles. The van der Waals surface area contributed by atoms with Gasteiger partial charge < -0.3 is 19.3 Å². The Morgan fingerprint density at radius 3 is 3.00 bits per heavy atom. The fraction of sp³-hybridized carbons (Fsp3) is 0.222. The second-order valence-electron chi connectivity index (χ2n) is 6.32. The van der Waals surface area contributed by atoms with Crippen LogP contribution in [0.15, 0.2) is 41.4 Å². The normalized spacial score (nSPS) is 16.8. The summed E-state index contributed by atoms with van der Waals surface area (Å²) in [4.78, 5) is 34.6. The monoisotopic (exact) mass is 348 g/mol. The molecule has 0 unspecified atom stereocenters. The van der Waals surface area contributed by atoms with Gasteiger partial charge in [0, 0.05) is 18.7 Å². The molecule has 0 fully saturated rings. The third-order valence-corrected chi connectivity index (χ3v) is 4.79. The number of nitrogens with one attached hydrogen (secondary N) is 2. The highest BCUT2D eigenvalue weighted by atomic mass is 16.3. The Bertz CT molecular complexity index is 1070. The number of carbonyl (C=O) groups excluding carboxylic acids is 1. The summed E-state index contributed by atoms with van der Waals surface area (Å²) in [5, 5.41) is 0. The van der Waals surface area contributed by atoms with E-state index in [0.717, 1.165) is 22.4 Å². The van der Waals surface area contributed by atoms with Crippen molar-refractivity contribution in [1.29, 1.82) is 0 Å². The fourth-order valence-corrected chi connectivity index (χ4v) is 3.51. The number of amides is 1. The average molecular weight is 348 g/mol. The standard InChI is InChI=1S/C18H16N6O2/c1-10-16(26-9-21-10)18(25)24-7-6-13-14(20-8-19-13)15(24)17-22-11-4-2-3-5-12(11)23-17/h2-5,8-9,15H,6-7H2,1H3,(H,19,20)(H,22,23)/t15-/m0/s1. The van der Waals surface area contributed by atoms with E-state index in [4.69, 9.17) is 9.40 Å². The van der Waals surface area contributed by atoms with Crippen molar-refractivity contribution in [1.82, 2.24) is 29.8 Å². The van der Waals surface area contributed by atoms with Gasteiger partial charge in [-0.1, -0.05) is 12.1 Å². The molecule has 8 heteroatoms. The first-order chi connectivity index (χ1) is 12.7. The fourth-order valence-electron chi connectivity index (χ4n) is 3.51. The largest absolute Gasteiger partial charge is 0.438 e. The molecule has 5 rings (SSSR count). The Kier molecular flexibility index (Phi) is 3.18. The van der Waals surface area contributed by atoms with Gasteiger partial charge in [0.15, 0.2) is 6.39 Å². The Balaban J connectivity index is 1.64. The Hall–Kier alpha value is -3.42. The third kappa shape index (κ3) is 2.15. The molecule has 1 aliphatic rings. The van der Waals surface area contributed by atoms with Gasteiger partial charge >= 0.3 is 0 Å². The van der Waals surface area contributed by atoms with Crippen molar-refractivity contribution in [2.45, 2.75) is 19.4 Å². The van der Waals surface area contributed by atoms with E-state index in [1.807, 2.05) is 24.3 Å². The van der Waals surface area contributed by atoms with Crippen molar-refractivity contribution in [3.8, 4) is 0 Å². The summed E-state index contributed by atoms with van der Waals surface area (Å²) in [6, 6.07) is 7.39. The summed E-state index contributed by atoms with van der Waals surface area (Å²) in [6.07, 6.45) is 3.65. The molecule has 1 aliphatic heterocycles. The van der Waals surface area contributed by atoms with Crippen LogP contribution in [-0.4, -0.2) is 42.3 Å². The average Bonchev–Trinajstić information content (AvgIpc) is 3.38. The van der Waals surface area contributed by atoms with Gasteiger partial charge in [0.25, 0.3) is 5.91 Å². The van der Waals surface area contributed by atoms with Gasteiger partial charge in [-0.15, -0.1) is 0 Å². The lowest BCUT2D eigenvalue weighted by atomic mass is 10.0. The Morgan fingerprint density at radius 1 is 1.31 bits per heavy atom. The van der Waals surface area contributed by atoms with E-state index in [9.17, 15) is 4.79 Å². The lowest BCUT2D eigenvalue weighted by Crippen LogP contribution is -2.41. The van der Waals surface area contributed by atoms with Crippen LogP contribution < -0.4 is 0 Å². The van der Waals surface area contributed by atoms with Crippen molar-refractivity contribution in [3.05, 3.63) is 65.7 Å². The zero-order valence-corrected chi connectivity index (χ0v) is 14.1. The van der Waals surface area contributed by atoms with E-state index in [-0.39, 0.29) is 11.7 Å². The van der Waals surface area contributed by atoms with Crippen LogP contribution in [-0.2, 0) is 6.42 Å². The number of fused-ring (bicyclic) bond motifs is 2. The topological polar surface area (TPSA) is 104 Å². The molecule has 0 spiro atoms. The smallest absolute Gasteiger partial charge is 0.292 e. The van der Waals surface area contributed by atoms with Crippen LogP contribution in [0.5, 0.6) is 0 Å². The van der Waals surface area contributed by atoms with Gasteiger partial charge in [-0.05, 0) is 19.1 Å². The van der Waals surface area contributed by atoms with E-state index in [2.05, 4.69) is 19.9 Å². The minimum atomic E-state index is -0.408. The molecule has 0 saturated carbocycles. The van der Waals surface area contributed by atoms with Crippen molar-refractivity contribution >= 4 is 16.9 Å².